The first-order valence-electron chi connectivity index (χ1n) is 23.4. The number of likely N-dealkylation sites (tertiary alicyclic amines) is 1. The van der Waals surface area contributed by atoms with E-state index in [1.54, 1.807) is 12.1 Å². The molecule has 4 aliphatic heterocycles. The Morgan fingerprint density at radius 1 is 0.882 bits per heavy atom. The molecule has 3 N–H and O–H groups in total. The maximum Gasteiger partial charge on any atom is 0.328 e. The summed E-state index contributed by atoms with van der Waals surface area (Å²) >= 11 is 0. The number of phenols is 1. The second kappa shape index (κ2) is 18.5. The quantitative estimate of drug-likeness (QED) is 0.145. The highest BCUT2D eigenvalue weighted by Crippen LogP contribution is 2.39. The summed E-state index contributed by atoms with van der Waals surface area (Å²) in [5.74, 6) is -6.73. The molecular weight excluding hydrogens is 882 g/mol. The number of imide groups is 1. The van der Waals surface area contributed by atoms with Crippen molar-refractivity contribution < 1.29 is 42.2 Å². The number of piperazine rings is 1. The zero-order valence-electron chi connectivity index (χ0n) is 37.7. The van der Waals surface area contributed by atoms with Crippen LogP contribution in [0.3, 0.4) is 0 Å². The predicted molar refractivity (Wildman–Crippen MR) is 245 cm³/mol. The molecule has 5 fully saturated rings. The van der Waals surface area contributed by atoms with Crippen LogP contribution in [0.25, 0.3) is 22.0 Å². The first kappa shape index (κ1) is 45.2. The fourth-order valence-electron chi connectivity index (χ4n) is 10.5. The number of piperidine rings is 1. The van der Waals surface area contributed by atoms with Crippen LogP contribution in [-0.4, -0.2) is 129 Å². The second-order valence-corrected chi connectivity index (χ2v) is 18.8. The lowest BCUT2D eigenvalue weighted by Gasteiger charge is -2.40. The molecule has 0 bridgehead atoms. The fraction of sp³-hybridized carbons (Fsp3) is 0.449. The van der Waals surface area contributed by atoms with Gasteiger partial charge >= 0.3 is 6.03 Å². The molecule has 1 atom stereocenters. The van der Waals surface area contributed by atoms with E-state index in [9.17, 15) is 37.5 Å². The van der Waals surface area contributed by atoms with Crippen LogP contribution < -0.4 is 20.4 Å². The molecule has 0 unspecified atom stereocenters. The van der Waals surface area contributed by atoms with Crippen molar-refractivity contribution in [3.63, 3.8) is 0 Å². The van der Waals surface area contributed by atoms with Gasteiger partial charge in [0.25, 0.3) is 11.8 Å². The monoisotopic (exact) mass is 934 g/mol. The van der Waals surface area contributed by atoms with E-state index in [2.05, 4.69) is 20.4 Å². The topological polar surface area (TPSA) is 178 Å². The molecular formula is C49H53F3N10O6. The normalized spacial score (nSPS) is 22.2. The van der Waals surface area contributed by atoms with Crippen molar-refractivity contribution in [1.29, 1.82) is 0 Å². The van der Waals surface area contributed by atoms with Crippen molar-refractivity contribution in [2.24, 2.45) is 5.92 Å². The molecule has 10 rings (SSSR count). The number of nitrogens with zero attached hydrogens (tertiary/aromatic N) is 8. The summed E-state index contributed by atoms with van der Waals surface area (Å²) in [6, 6.07) is 12.0. The minimum atomic E-state index is -1.79. The highest BCUT2D eigenvalue weighted by atomic mass is 19.2. The number of carbonyl (C=O) groups excluding carboxylic acids is 4. The van der Waals surface area contributed by atoms with Gasteiger partial charge in [0, 0.05) is 106 Å². The van der Waals surface area contributed by atoms with Gasteiger partial charge in [0.1, 0.15) is 0 Å². The van der Waals surface area contributed by atoms with Crippen molar-refractivity contribution in [1.82, 2.24) is 40.2 Å². The number of hydrogen-bond acceptors (Lipinski definition) is 11. The SMILES string of the molecule is Cc1ccc(C(=O)N2CCC3(CC2)C[C@H](N2CCN(c4ncc(-c5ccc6cn(C7CCC(CNC(=O)c8cc(F)c(O)c(F)c8F)CC7)nc6c5)cn4)CC2)CO3)cc1N1CCC(=O)NC1=O. The van der Waals surface area contributed by atoms with Crippen molar-refractivity contribution in [2.45, 2.75) is 76.0 Å². The van der Waals surface area contributed by atoms with Crippen LogP contribution in [0.4, 0.5) is 29.6 Å². The number of benzene rings is 3. The van der Waals surface area contributed by atoms with E-state index in [0.29, 0.717) is 49.0 Å². The van der Waals surface area contributed by atoms with E-state index in [-0.39, 0.29) is 48.9 Å². The summed E-state index contributed by atoms with van der Waals surface area (Å²) in [4.78, 5) is 68.1. The zero-order chi connectivity index (χ0) is 47.3. The Balaban J connectivity index is 0.678. The Labute approximate surface area is 390 Å². The van der Waals surface area contributed by atoms with Gasteiger partial charge in [-0.3, -0.25) is 34.2 Å². The van der Waals surface area contributed by atoms with Gasteiger partial charge in [-0.05, 0) is 93.2 Å². The van der Waals surface area contributed by atoms with Crippen LogP contribution in [0, 0.1) is 30.3 Å². The Hall–Kier alpha value is -6.60. The molecule has 356 valence electrons. The van der Waals surface area contributed by atoms with Crippen LogP contribution in [0.1, 0.15) is 83.7 Å². The summed E-state index contributed by atoms with van der Waals surface area (Å²) in [6.07, 6.45) is 11.6. The summed E-state index contributed by atoms with van der Waals surface area (Å²) in [5, 5.41) is 20.1. The number of aromatic nitrogens is 4. The molecule has 1 spiro atoms. The number of carbonyl (C=O) groups is 4. The number of hydrogen-bond donors (Lipinski definition) is 3. The maximum absolute atomic E-state index is 14.2. The number of aryl methyl sites for hydroxylation is 1. The van der Waals surface area contributed by atoms with Gasteiger partial charge < -0.3 is 25.0 Å². The molecule has 6 heterocycles. The Kier molecular flexibility index (Phi) is 12.3. The number of halogens is 3. The molecule has 5 amide bonds. The smallest absolute Gasteiger partial charge is 0.328 e. The third-order valence-electron chi connectivity index (χ3n) is 14.7. The number of nitrogens with one attached hydrogen (secondary N) is 2. The standard InChI is InChI=1S/C49H53F3N10O6/c1-29-2-5-32(21-40(29)61-13-10-41(63)56-48(61)67)46(66)59-14-11-49(12-15-59)23-36(28-68-49)58-16-18-60(19-17-58)47-54-25-34(26-55-47)31-6-7-33-27-62(57-39(33)20-31)35-8-3-30(4-9-35)24-53-45(65)37-22-38(50)44(64)43(52)42(37)51/h2,5-7,20-22,25-27,30,35-36,64H,3-4,8-19,23-24,28H2,1H3,(H,53,65)(H,56,63,67)/t30?,35?,36-/m0/s1. The lowest BCUT2D eigenvalue weighted by molar-refractivity contribution is -0.120. The molecule has 3 aromatic carbocycles. The Bertz CT molecular complexity index is 2770. The molecule has 4 saturated heterocycles. The Morgan fingerprint density at radius 2 is 1.63 bits per heavy atom. The fourth-order valence-corrected chi connectivity index (χ4v) is 10.5. The molecule has 19 heteroatoms. The number of aromatic hydroxyl groups is 1. The minimum absolute atomic E-state index is 0.0711. The van der Waals surface area contributed by atoms with E-state index < -0.39 is 40.7 Å². The summed E-state index contributed by atoms with van der Waals surface area (Å²) in [6.45, 7) is 7.55. The van der Waals surface area contributed by atoms with Crippen molar-refractivity contribution in [3.8, 4) is 16.9 Å². The van der Waals surface area contributed by atoms with Gasteiger partial charge in [-0.15, -0.1) is 0 Å². The minimum Gasteiger partial charge on any atom is -0.503 e. The van der Waals surface area contributed by atoms with Gasteiger partial charge in [0.15, 0.2) is 17.4 Å². The van der Waals surface area contributed by atoms with E-state index in [4.69, 9.17) is 19.8 Å². The maximum atomic E-state index is 14.2. The van der Waals surface area contributed by atoms with Gasteiger partial charge in [-0.1, -0.05) is 18.2 Å². The largest absolute Gasteiger partial charge is 0.503 e. The highest BCUT2D eigenvalue weighted by Gasteiger charge is 2.45. The van der Waals surface area contributed by atoms with Crippen LogP contribution in [-0.2, 0) is 9.53 Å². The molecule has 1 saturated carbocycles. The number of rotatable bonds is 9. The summed E-state index contributed by atoms with van der Waals surface area (Å²) < 4.78 is 50.2. The molecule has 16 nitrogen and oxygen atoms in total. The first-order chi connectivity index (χ1) is 32.8. The first-order valence-corrected chi connectivity index (χ1v) is 23.4. The van der Waals surface area contributed by atoms with Crippen LogP contribution in [0.15, 0.2) is 61.1 Å². The number of phenolic OH excluding ortho intramolecular Hbond substituents is 1. The van der Waals surface area contributed by atoms with Crippen LogP contribution >= 0.6 is 0 Å². The third kappa shape index (κ3) is 8.96. The molecule has 2 aromatic heterocycles. The molecule has 1 aliphatic carbocycles. The summed E-state index contributed by atoms with van der Waals surface area (Å²) in [7, 11) is 0. The average Bonchev–Trinajstić information content (AvgIpc) is 3.99. The molecule has 5 aliphatic rings. The van der Waals surface area contributed by atoms with E-state index in [1.165, 1.54) is 4.90 Å². The van der Waals surface area contributed by atoms with E-state index in [0.717, 1.165) is 98.7 Å². The number of urea groups is 1. The van der Waals surface area contributed by atoms with Crippen molar-refractivity contribution >= 4 is 46.3 Å². The second-order valence-electron chi connectivity index (χ2n) is 18.8. The molecule has 0 radical (unpaired) electrons. The zero-order valence-corrected chi connectivity index (χ0v) is 37.7. The Morgan fingerprint density at radius 3 is 2.37 bits per heavy atom. The van der Waals surface area contributed by atoms with Gasteiger partial charge in [0.05, 0.1) is 29.3 Å². The summed E-state index contributed by atoms with van der Waals surface area (Å²) in [5.41, 5.74) is 3.68. The van der Waals surface area contributed by atoms with E-state index in [1.807, 2.05) is 59.4 Å². The predicted octanol–water partition coefficient (Wildman–Crippen LogP) is 6.12. The van der Waals surface area contributed by atoms with Gasteiger partial charge in [-0.25, -0.2) is 23.5 Å². The van der Waals surface area contributed by atoms with Crippen molar-refractivity contribution in [3.05, 3.63) is 95.2 Å². The van der Waals surface area contributed by atoms with Crippen molar-refractivity contribution in [2.75, 3.05) is 68.8 Å². The number of ether oxygens (including phenoxy) is 1. The molecule has 68 heavy (non-hydrogen) atoms. The van der Waals surface area contributed by atoms with Gasteiger partial charge in [0.2, 0.25) is 17.7 Å². The number of amides is 5. The number of anilines is 2. The molecule has 5 aromatic rings. The van der Waals surface area contributed by atoms with Crippen LogP contribution in [0.2, 0.25) is 0 Å². The lowest BCUT2D eigenvalue weighted by Crippen LogP contribution is -2.52. The number of fused-ring (bicyclic) bond motifs is 1. The average molecular weight is 935 g/mol. The van der Waals surface area contributed by atoms with Gasteiger partial charge in [-0.2, -0.15) is 9.49 Å². The third-order valence-corrected chi connectivity index (χ3v) is 14.7. The van der Waals surface area contributed by atoms with Crippen LogP contribution in [0.5, 0.6) is 5.75 Å². The lowest BCUT2D eigenvalue weighted by atomic mass is 9.86. The highest BCUT2D eigenvalue weighted by molar-refractivity contribution is 6.06. The van der Waals surface area contributed by atoms with E-state index >= 15 is 0 Å².